The summed E-state index contributed by atoms with van der Waals surface area (Å²) in [7, 11) is 0. The zero-order chi connectivity index (χ0) is 11.5. The Balaban J connectivity index is 2.48. The molecule has 2 N–H and O–H groups in total. The maximum Gasteiger partial charge on any atom is 0.0773 e. The summed E-state index contributed by atoms with van der Waals surface area (Å²) in [6.45, 7) is 6.87. The molecule has 3 atom stereocenters. The average molecular weight is 214 g/mol. The van der Waals surface area contributed by atoms with Gasteiger partial charge in [0.2, 0.25) is 0 Å². The van der Waals surface area contributed by atoms with Crippen LogP contribution in [0.2, 0.25) is 0 Å². The molecule has 90 valence electrons. The predicted molar refractivity (Wildman–Crippen MR) is 62.6 cm³/mol. The third-order valence-corrected chi connectivity index (χ3v) is 4.33. The normalized spacial score (nSPS) is 34.4. The van der Waals surface area contributed by atoms with E-state index in [9.17, 15) is 5.11 Å². The summed E-state index contributed by atoms with van der Waals surface area (Å²) in [5, 5.41) is 18.3. The van der Waals surface area contributed by atoms with Crippen LogP contribution in [0.25, 0.3) is 0 Å². The zero-order valence-electron chi connectivity index (χ0n) is 10.4. The van der Waals surface area contributed by atoms with E-state index < -0.39 is 6.10 Å². The SMILES string of the molecule is CC(C)C1(C)CCCC(CC(O)CO)C1. The van der Waals surface area contributed by atoms with Gasteiger partial charge >= 0.3 is 0 Å². The first-order valence-electron chi connectivity index (χ1n) is 6.27. The van der Waals surface area contributed by atoms with Gasteiger partial charge in [-0.05, 0) is 36.5 Å². The lowest BCUT2D eigenvalue weighted by Gasteiger charge is -2.42. The minimum Gasteiger partial charge on any atom is -0.394 e. The van der Waals surface area contributed by atoms with E-state index in [-0.39, 0.29) is 6.61 Å². The summed E-state index contributed by atoms with van der Waals surface area (Å²) in [4.78, 5) is 0. The van der Waals surface area contributed by atoms with Crippen LogP contribution in [0.4, 0.5) is 0 Å². The largest absolute Gasteiger partial charge is 0.394 e. The molecule has 2 heteroatoms. The Kier molecular flexibility index (Phi) is 4.60. The van der Waals surface area contributed by atoms with Crippen molar-refractivity contribution in [1.29, 1.82) is 0 Å². The fourth-order valence-corrected chi connectivity index (χ4v) is 2.84. The van der Waals surface area contributed by atoms with E-state index in [0.29, 0.717) is 17.3 Å². The van der Waals surface area contributed by atoms with Gasteiger partial charge in [0.05, 0.1) is 12.7 Å². The predicted octanol–water partition coefficient (Wildman–Crippen LogP) is 2.58. The van der Waals surface area contributed by atoms with Crippen LogP contribution in [0.15, 0.2) is 0 Å². The molecule has 1 aliphatic rings. The molecule has 0 amide bonds. The van der Waals surface area contributed by atoms with Gasteiger partial charge in [0, 0.05) is 0 Å². The summed E-state index contributed by atoms with van der Waals surface area (Å²) in [5.74, 6) is 1.32. The molecule has 0 saturated heterocycles. The quantitative estimate of drug-likeness (QED) is 0.755. The molecule has 0 spiro atoms. The number of hydrogen-bond acceptors (Lipinski definition) is 2. The molecule has 1 rings (SSSR count). The van der Waals surface area contributed by atoms with Gasteiger partial charge in [-0.25, -0.2) is 0 Å². The molecule has 0 aromatic heterocycles. The van der Waals surface area contributed by atoms with Crippen molar-refractivity contribution in [2.75, 3.05) is 6.61 Å². The van der Waals surface area contributed by atoms with Gasteiger partial charge in [0.15, 0.2) is 0 Å². The lowest BCUT2D eigenvalue weighted by Crippen LogP contribution is -2.32. The second-order valence-electron chi connectivity index (χ2n) is 5.84. The monoisotopic (exact) mass is 214 g/mol. The Bertz CT molecular complexity index is 191. The Hall–Kier alpha value is -0.0800. The van der Waals surface area contributed by atoms with Crippen LogP contribution in [-0.4, -0.2) is 22.9 Å². The van der Waals surface area contributed by atoms with Crippen molar-refractivity contribution in [3.8, 4) is 0 Å². The molecule has 0 heterocycles. The van der Waals surface area contributed by atoms with Crippen LogP contribution in [0.1, 0.15) is 52.9 Å². The van der Waals surface area contributed by atoms with Crippen molar-refractivity contribution < 1.29 is 10.2 Å². The molecule has 3 unspecified atom stereocenters. The fourth-order valence-electron chi connectivity index (χ4n) is 2.84. The van der Waals surface area contributed by atoms with E-state index in [1.807, 2.05) is 0 Å². The van der Waals surface area contributed by atoms with E-state index in [1.54, 1.807) is 0 Å². The Morgan fingerprint density at radius 2 is 2.07 bits per heavy atom. The number of aliphatic hydroxyl groups is 2. The minimum atomic E-state index is -0.510. The standard InChI is InChI=1S/C13H26O2/c1-10(2)13(3)6-4-5-11(8-13)7-12(15)9-14/h10-12,14-15H,4-9H2,1-3H3. The smallest absolute Gasteiger partial charge is 0.0773 e. The fraction of sp³-hybridized carbons (Fsp3) is 1.00. The van der Waals surface area contributed by atoms with E-state index >= 15 is 0 Å². The lowest BCUT2D eigenvalue weighted by atomic mass is 9.64. The molecule has 0 aromatic rings. The van der Waals surface area contributed by atoms with Crippen LogP contribution >= 0.6 is 0 Å². The highest BCUT2D eigenvalue weighted by Gasteiger charge is 2.35. The highest BCUT2D eigenvalue weighted by atomic mass is 16.3. The van der Waals surface area contributed by atoms with Crippen LogP contribution in [0.3, 0.4) is 0 Å². The summed E-state index contributed by atoms with van der Waals surface area (Å²) < 4.78 is 0. The Labute approximate surface area is 93.7 Å². The lowest BCUT2D eigenvalue weighted by molar-refractivity contribution is 0.0387. The van der Waals surface area contributed by atoms with E-state index in [1.165, 1.54) is 25.7 Å². The minimum absolute atomic E-state index is 0.0884. The second-order valence-corrected chi connectivity index (χ2v) is 5.84. The Morgan fingerprint density at radius 3 is 2.60 bits per heavy atom. The van der Waals surface area contributed by atoms with Crippen molar-refractivity contribution >= 4 is 0 Å². The van der Waals surface area contributed by atoms with Gasteiger partial charge < -0.3 is 10.2 Å². The average Bonchev–Trinajstić information content (AvgIpc) is 2.17. The van der Waals surface area contributed by atoms with Gasteiger partial charge in [-0.2, -0.15) is 0 Å². The van der Waals surface area contributed by atoms with Crippen molar-refractivity contribution in [1.82, 2.24) is 0 Å². The van der Waals surface area contributed by atoms with Gasteiger partial charge in [-0.3, -0.25) is 0 Å². The molecule has 2 nitrogen and oxygen atoms in total. The first-order chi connectivity index (χ1) is 6.98. The van der Waals surface area contributed by atoms with E-state index in [0.717, 1.165) is 6.42 Å². The molecule has 0 radical (unpaired) electrons. The summed E-state index contributed by atoms with van der Waals surface area (Å²) in [6.07, 6.45) is 5.29. The van der Waals surface area contributed by atoms with E-state index in [2.05, 4.69) is 20.8 Å². The highest BCUT2D eigenvalue weighted by molar-refractivity contribution is 4.86. The zero-order valence-corrected chi connectivity index (χ0v) is 10.4. The van der Waals surface area contributed by atoms with Crippen molar-refractivity contribution in [2.45, 2.75) is 59.0 Å². The molecule has 15 heavy (non-hydrogen) atoms. The Morgan fingerprint density at radius 1 is 1.40 bits per heavy atom. The van der Waals surface area contributed by atoms with Crippen LogP contribution < -0.4 is 0 Å². The van der Waals surface area contributed by atoms with Crippen LogP contribution in [0.5, 0.6) is 0 Å². The molecule has 1 fully saturated rings. The number of rotatable bonds is 4. The van der Waals surface area contributed by atoms with Crippen molar-refractivity contribution in [3.05, 3.63) is 0 Å². The summed E-state index contributed by atoms with van der Waals surface area (Å²) in [5.41, 5.74) is 0.443. The maximum atomic E-state index is 9.47. The third kappa shape index (κ3) is 3.46. The van der Waals surface area contributed by atoms with Gasteiger partial charge in [0.1, 0.15) is 0 Å². The third-order valence-electron chi connectivity index (χ3n) is 4.33. The van der Waals surface area contributed by atoms with Crippen molar-refractivity contribution in [2.24, 2.45) is 17.3 Å². The van der Waals surface area contributed by atoms with Crippen LogP contribution in [0, 0.1) is 17.3 Å². The molecule has 0 bridgehead atoms. The molecular weight excluding hydrogens is 188 g/mol. The first-order valence-corrected chi connectivity index (χ1v) is 6.27. The van der Waals surface area contributed by atoms with Gasteiger partial charge in [-0.15, -0.1) is 0 Å². The number of aliphatic hydroxyl groups excluding tert-OH is 2. The number of hydrogen-bond donors (Lipinski definition) is 2. The van der Waals surface area contributed by atoms with Gasteiger partial charge in [0.25, 0.3) is 0 Å². The highest BCUT2D eigenvalue weighted by Crippen LogP contribution is 2.45. The molecule has 0 aromatic carbocycles. The maximum absolute atomic E-state index is 9.47. The summed E-state index contributed by atoms with van der Waals surface area (Å²) in [6, 6.07) is 0. The molecule has 0 aliphatic heterocycles. The molecular formula is C13H26O2. The second kappa shape index (κ2) is 5.31. The van der Waals surface area contributed by atoms with Crippen molar-refractivity contribution in [3.63, 3.8) is 0 Å². The molecule has 1 aliphatic carbocycles. The molecule has 1 saturated carbocycles. The van der Waals surface area contributed by atoms with E-state index in [4.69, 9.17) is 5.11 Å². The summed E-state index contributed by atoms with van der Waals surface area (Å²) >= 11 is 0. The first kappa shape index (κ1) is 13.0. The van der Waals surface area contributed by atoms with Crippen LogP contribution in [-0.2, 0) is 0 Å². The topological polar surface area (TPSA) is 40.5 Å². The van der Waals surface area contributed by atoms with Gasteiger partial charge in [-0.1, -0.05) is 33.6 Å².